The van der Waals surface area contributed by atoms with Crippen LogP contribution >= 0.6 is 0 Å². The molecule has 0 atom stereocenters. The molecule has 1 aromatic heterocycles. The van der Waals surface area contributed by atoms with Gasteiger partial charge in [-0.15, -0.1) is 0 Å². The molecular weight excluding hydrogens is 320 g/mol. The van der Waals surface area contributed by atoms with Crippen molar-refractivity contribution in [3.05, 3.63) is 72.3 Å². The van der Waals surface area contributed by atoms with Crippen molar-refractivity contribution < 1.29 is 0 Å². The summed E-state index contributed by atoms with van der Waals surface area (Å²) in [5, 5.41) is 3.42. The summed E-state index contributed by atoms with van der Waals surface area (Å²) in [5.41, 5.74) is 2.30. The van der Waals surface area contributed by atoms with Gasteiger partial charge in [0.25, 0.3) is 0 Å². The molecule has 0 bridgehead atoms. The van der Waals surface area contributed by atoms with Gasteiger partial charge in [-0.1, -0.05) is 60.7 Å². The van der Waals surface area contributed by atoms with Gasteiger partial charge in [-0.2, -0.15) is 0 Å². The average molecular weight is 346 g/mol. The number of nitrogens with zero attached hydrogens (tertiary/aromatic N) is 3. The normalized spacial score (nSPS) is 10.8. The molecule has 4 heteroatoms. The van der Waals surface area contributed by atoms with Crippen LogP contribution in [0.4, 0.5) is 11.6 Å². The molecule has 0 radical (unpaired) electrons. The van der Waals surface area contributed by atoms with Crippen molar-refractivity contribution in [1.82, 2.24) is 9.97 Å². The second-order valence-corrected chi connectivity index (χ2v) is 6.60. The van der Waals surface area contributed by atoms with E-state index in [4.69, 9.17) is 9.97 Å². The summed E-state index contributed by atoms with van der Waals surface area (Å²) < 4.78 is 0. The lowest BCUT2D eigenvalue weighted by Gasteiger charge is -2.23. The van der Waals surface area contributed by atoms with E-state index in [1.165, 1.54) is 5.56 Å². The number of anilines is 2. The predicted molar refractivity (Wildman–Crippen MR) is 109 cm³/mol. The van der Waals surface area contributed by atoms with E-state index in [2.05, 4.69) is 55.3 Å². The van der Waals surface area contributed by atoms with E-state index in [9.17, 15) is 0 Å². The van der Waals surface area contributed by atoms with Gasteiger partial charge in [0.2, 0.25) is 0 Å². The zero-order valence-corrected chi connectivity index (χ0v) is 15.7. The Bertz CT molecular complexity index is 816. The Labute approximate surface area is 155 Å². The van der Waals surface area contributed by atoms with Crippen LogP contribution in [0.25, 0.3) is 11.4 Å². The third-order valence-corrected chi connectivity index (χ3v) is 4.10. The Hall–Kier alpha value is -2.88. The summed E-state index contributed by atoms with van der Waals surface area (Å²) in [7, 11) is 0. The Morgan fingerprint density at radius 1 is 0.923 bits per heavy atom. The Balaban J connectivity index is 1.98. The van der Waals surface area contributed by atoms with E-state index >= 15 is 0 Å². The SMILES string of the molecule is CCN(Cc1ccccc1)c1cc(NC(C)C)nc(-c2ccccc2)n1. The zero-order chi connectivity index (χ0) is 18.4. The Morgan fingerprint density at radius 2 is 1.58 bits per heavy atom. The van der Waals surface area contributed by atoms with Crippen molar-refractivity contribution in [3.63, 3.8) is 0 Å². The molecular formula is C22H26N4. The quantitative estimate of drug-likeness (QED) is 0.654. The molecule has 0 spiro atoms. The van der Waals surface area contributed by atoms with Crippen LogP contribution in [-0.4, -0.2) is 22.6 Å². The molecule has 1 heterocycles. The Morgan fingerprint density at radius 3 is 2.19 bits per heavy atom. The molecule has 0 aliphatic heterocycles. The minimum atomic E-state index is 0.311. The molecule has 0 aliphatic carbocycles. The smallest absolute Gasteiger partial charge is 0.163 e. The largest absolute Gasteiger partial charge is 0.368 e. The van der Waals surface area contributed by atoms with Crippen molar-refractivity contribution in [3.8, 4) is 11.4 Å². The van der Waals surface area contributed by atoms with Crippen LogP contribution in [0.5, 0.6) is 0 Å². The van der Waals surface area contributed by atoms with Crippen LogP contribution in [0.1, 0.15) is 26.3 Å². The number of aromatic nitrogens is 2. The van der Waals surface area contributed by atoms with Crippen molar-refractivity contribution in [1.29, 1.82) is 0 Å². The molecule has 3 aromatic rings. The zero-order valence-electron chi connectivity index (χ0n) is 15.7. The molecule has 0 unspecified atom stereocenters. The van der Waals surface area contributed by atoms with Crippen LogP contribution in [0, 0.1) is 0 Å². The van der Waals surface area contributed by atoms with Gasteiger partial charge >= 0.3 is 0 Å². The molecule has 1 N–H and O–H groups in total. The highest BCUT2D eigenvalue weighted by molar-refractivity contribution is 5.62. The summed E-state index contributed by atoms with van der Waals surface area (Å²) in [6.45, 7) is 8.09. The van der Waals surface area contributed by atoms with E-state index in [0.717, 1.165) is 36.1 Å². The molecule has 0 fully saturated rings. The molecule has 0 saturated heterocycles. The third kappa shape index (κ3) is 4.60. The van der Waals surface area contributed by atoms with Gasteiger partial charge in [0.15, 0.2) is 5.82 Å². The van der Waals surface area contributed by atoms with Gasteiger partial charge in [0.05, 0.1) is 0 Å². The van der Waals surface area contributed by atoms with Gasteiger partial charge in [0.1, 0.15) is 11.6 Å². The third-order valence-electron chi connectivity index (χ3n) is 4.10. The average Bonchev–Trinajstić information content (AvgIpc) is 2.67. The summed E-state index contributed by atoms with van der Waals surface area (Å²) in [5.74, 6) is 2.54. The highest BCUT2D eigenvalue weighted by Gasteiger charge is 2.13. The summed E-state index contributed by atoms with van der Waals surface area (Å²) >= 11 is 0. The van der Waals surface area contributed by atoms with E-state index < -0.39 is 0 Å². The van der Waals surface area contributed by atoms with Crippen molar-refractivity contribution in [2.75, 3.05) is 16.8 Å². The van der Waals surface area contributed by atoms with Crippen LogP contribution in [0.3, 0.4) is 0 Å². The van der Waals surface area contributed by atoms with Crippen LogP contribution in [0.15, 0.2) is 66.7 Å². The Kier molecular flexibility index (Phi) is 5.84. The standard InChI is InChI=1S/C22H26N4/c1-4-26(16-18-11-7-5-8-12-18)21-15-20(23-17(2)3)24-22(25-21)19-13-9-6-10-14-19/h5-15,17H,4,16H2,1-3H3,(H,23,24,25). The molecule has 134 valence electrons. The number of hydrogen-bond donors (Lipinski definition) is 1. The van der Waals surface area contributed by atoms with E-state index in [-0.39, 0.29) is 0 Å². The lowest BCUT2D eigenvalue weighted by atomic mass is 10.2. The minimum absolute atomic E-state index is 0.311. The fourth-order valence-electron chi connectivity index (χ4n) is 2.84. The highest BCUT2D eigenvalue weighted by atomic mass is 15.2. The number of hydrogen-bond acceptors (Lipinski definition) is 4. The fraction of sp³-hybridized carbons (Fsp3) is 0.273. The van der Waals surface area contributed by atoms with E-state index in [1.807, 2.05) is 42.5 Å². The lowest BCUT2D eigenvalue weighted by molar-refractivity contribution is 0.809. The maximum atomic E-state index is 4.85. The monoisotopic (exact) mass is 346 g/mol. The molecule has 0 aliphatic rings. The summed E-state index contributed by atoms with van der Waals surface area (Å²) in [6.07, 6.45) is 0. The molecule has 0 saturated carbocycles. The van der Waals surface area contributed by atoms with Gasteiger partial charge in [0, 0.05) is 30.8 Å². The topological polar surface area (TPSA) is 41.0 Å². The number of nitrogens with one attached hydrogen (secondary N) is 1. The van der Waals surface area contributed by atoms with Crippen LogP contribution in [-0.2, 0) is 6.54 Å². The molecule has 0 amide bonds. The lowest BCUT2D eigenvalue weighted by Crippen LogP contribution is -2.24. The molecule has 2 aromatic carbocycles. The predicted octanol–water partition coefficient (Wildman–Crippen LogP) is 4.99. The first kappa shape index (κ1) is 17.9. The van der Waals surface area contributed by atoms with Crippen molar-refractivity contribution in [2.45, 2.75) is 33.4 Å². The molecule has 3 rings (SSSR count). The summed E-state index contributed by atoms with van der Waals surface area (Å²) in [4.78, 5) is 11.8. The van der Waals surface area contributed by atoms with Crippen molar-refractivity contribution in [2.24, 2.45) is 0 Å². The maximum Gasteiger partial charge on any atom is 0.163 e. The van der Waals surface area contributed by atoms with Gasteiger partial charge < -0.3 is 10.2 Å². The fourth-order valence-corrected chi connectivity index (χ4v) is 2.84. The van der Waals surface area contributed by atoms with Crippen LogP contribution in [0.2, 0.25) is 0 Å². The molecule has 26 heavy (non-hydrogen) atoms. The van der Waals surface area contributed by atoms with Crippen molar-refractivity contribution >= 4 is 11.6 Å². The second kappa shape index (κ2) is 8.48. The van der Waals surface area contributed by atoms with Gasteiger partial charge in [-0.05, 0) is 26.3 Å². The summed E-state index contributed by atoms with van der Waals surface area (Å²) in [6, 6.07) is 23.0. The highest BCUT2D eigenvalue weighted by Crippen LogP contribution is 2.24. The maximum absolute atomic E-state index is 4.85. The second-order valence-electron chi connectivity index (χ2n) is 6.60. The first-order chi connectivity index (χ1) is 12.7. The van der Waals surface area contributed by atoms with E-state index in [1.54, 1.807) is 0 Å². The first-order valence-corrected chi connectivity index (χ1v) is 9.15. The van der Waals surface area contributed by atoms with Gasteiger partial charge in [-0.3, -0.25) is 0 Å². The number of benzene rings is 2. The molecule has 4 nitrogen and oxygen atoms in total. The minimum Gasteiger partial charge on any atom is -0.368 e. The van der Waals surface area contributed by atoms with Crippen LogP contribution < -0.4 is 10.2 Å². The van der Waals surface area contributed by atoms with E-state index in [0.29, 0.717) is 6.04 Å². The van der Waals surface area contributed by atoms with Gasteiger partial charge in [-0.25, -0.2) is 9.97 Å². The number of rotatable bonds is 7. The first-order valence-electron chi connectivity index (χ1n) is 9.15.